The zero-order chi connectivity index (χ0) is 14.4. The molecule has 1 aromatic rings. The smallest absolute Gasteiger partial charge is 0.180 e. The van der Waals surface area contributed by atoms with Crippen LogP contribution in [0.4, 0.5) is 10.7 Å². The largest absolute Gasteiger partial charge is 0.396 e. The molecular formula is C12H17N3O2S2. The third kappa shape index (κ3) is 2.55. The van der Waals surface area contributed by atoms with Gasteiger partial charge in [-0.15, -0.1) is 11.3 Å². The molecule has 1 fully saturated rings. The summed E-state index contributed by atoms with van der Waals surface area (Å²) in [5.41, 5.74) is 6.06. The minimum absolute atomic E-state index is 0.0923. The molecule has 0 spiro atoms. The molecule has 2 rings (SSSR count). The SMILES string of the molecule is CC1(C)CCN(c2sc(C#N)c(N)c2S(C)(=O)=O)C1. The fraction of sp³-hybridized carbons (Fsp3) is 0.583. The monoisotopic (exact) mass is 299 g/mol. The van der Waals surface area contributed by atoms with Crippen LogP contribution in [-0.2, 0) is 9.84 Å². The van der Waals surface area contributed by atoms with E-state index in [4.69, 9.17) is 11.0 Å². The fourth-order valence-corrected chi connectivity index (χ4v) is 4.88. The van der Waals surface area contributed by atoms with Gasteiger partial charge in [0.25, 0.3) is 0 Å². The van der Waals surface area contributed by atoms with Crippen LogP contribution in [0.25, 0.3) is 0 Å². The summed E-state index contributed by atoms with van der Waals surface area (Å²) < 4.78 is 23.8. The normalized spacial score (nSPS) is 18.5. The molecule has 1 aliphatic heterocycles. The Balaban J connectivity index is 2.56. The predicted molar refractivity (Wildman–Crippen MR) is 77.2 cm³/mol. The Morgan fingerprint density at radius 1 is 1.47 bits per heavy atom. The second-order valence-electron chi connectivity index (χ2n) is 5.70. The molecule has 7 heteroatoms. The first kappa shape index (κ1) is 14.2. The first-order valence-electron chi connectivity index (χ1n) is 5.93. The number of anilines is 2. The van der Waals surface area contributed by atoms with Crippen LogP contribution in [0.5, 0.6) is 0 Å². The maximum atomic E-state index is 11.9. The average molecular weight is 299 g/mol. The number of nitrogens with two attached hydrogens (primary N) is 1. The second-order valence-corrected chi connectivity index (χ2v) is 8.65. The van der Waals surface area contributed by atoms with Gasteiger partial charge in [-0.25, -0.2) is 8.42 Å². The molecule has 1 aliphatic rings. The first-order valence-corrected chi connectivity index (χ1v) is 8.64. The highest BCUT2D eigenvalue weighted by Crippen LogP contribution is 2.44. The van der Waals surface area contributed by atoms with Crippen molar-refractivity contribution in [2.24, 2.45) is 5.41 Å². The molecule has 1 aromatic heterocycles. The molecule has 0 amide bonds. The minimum Gasteiger partial charge on any atom is -0.396 e. The summed E-state index contributed by atoms with van der Waals surface area (Å²) in [7, 11) is -3.44. The lowest BCUT2D eigenvalue weighted by Gasteiger charge is -2.21. The van der Waals surface area contributed by atoms with Crippen LogP contribution in [0, 0.1) is 16.7 Å². The minimum atomic E-state index is -3.44. The van der Waals surface area contributed by atoms with E-state index in [9.17, 15) is 8.42 Å². The van der Waals surface area contributed by atoms with Gasteiger partial charge in [-0.2, -0.15) is 5.26 Å². The van der Waals surface area contributed by atoms with E-state index in [2.05, 4.69) is 13.8 Å². The van der Waals surface area contributed by atoms with Gasteiger partial charge in [0.15, 0.2) is 9.84 Å². The van der Waals surface area contributed by atoms with Crippen molar-refractivity contribution in [2.45, 2.75) is 25.2 Å². The van der Waals surface area contributed by atoms with E-state index >= 15 is 0 Å². The quantitative estimate of drug-likeness (QED) is 0.900. The van der Waals surface area contributed by atoms with Gasteiger partial charge in [0.05, 0.1) is 5.69 Å². The topological polar surface area (TPSA) is 87.2 Å². The Kier molecular flexibility index (Phi) is 3.27. The lowest BCUT2D eigenvalue weighted by Crippen LogP contribution is -2.23. The summed E-state index contributed by atoms with van der Waals surface area (Å²) in [6.45, 7) is 5.87. The number of hydrogen-bond donors (Lipinski definition) is 1. The Bertz CT molecular complexity index is 653. The molecule has 5 nitrogen and oxygen atoms in total. The molecule has 1 saturated heterocycles. The average Bonchev–Trinajstić information content (AvgIpc) is 2.77. The fourth-order valence-electron chi connectivity index (χ4n) is 2.35. The van der Waals surface area contributed by atoms with Crippen LogP contribution in [0.2, 0.25) is 0 Å². The van der Waals surface area contributed by atoms with Gasteiger partial charge in [-0.3, -0.25) is 0 Å². The van der Waals surface area contributed by atoms with Gasteiger partial charge < -0.3 is 10.6 Å². The third-order valence-corrected chi connectivity index (χ3v) is 5.77. The Morgan fingerprint density at radius 3 is 2.53 bits per heavy atom. The van der Waals surface area contributed by atoms with E-state index in [-0.39, 0.29) is 20.9 Å². The molecule has 2 heterocycles. The summed E-state index contributed by atoms with van der Waals surface area (Å²) in [5, 5.41) is 9.65. The molecule has 2 N–H and O–H groups in total. The Morgan fingerprint density at radius 2 is 2.11 bits per heavy atom. The first-order chi connectivity index (χ1) is 8.65. The summed E-state index contributed by atoms with van der Waals surface area (Å²) in [6.07, 6.45) is 2.13. The van der Waals surface area contributed by atoms with Crippen LogP contribution >= 0.6 is 11.3 Å². The molecule has 19 heavy (non-hydrogen) atoms. The van der Waals surface area contributed by atoms with Crippen molar-refractivity contribution in [1.29, 1.82) is 5.26 Å². The highest BCUT2D eigenvalue weighted by atomic mass is 32.2. The number of rotatable bonds is 2. The number of nitrogens with zero attached hydrogens (tertiary/aromatic N) is 2. The van der Waals surface area contributed by atoms with Crippen molar-refractivity contribution in [2.75, 3.05) is 30.0 Å². The summed E-state index contributed by atoms with van der Waals surface area (Å²) in [6, 6.07) is 1.97. The van der Waals surface area contributed by atoms with E-state index in [0.717, 1.165) is 25.8 Å². The molecule has 0 aliphatic carbocycles. The van der Waals surface area contributed by atoms with Crippen LogP contribution < -0.4 is 10.6 Å². The van der Waals surface area contributed by atoms with Gasteiger partial charge >= 0.3 is 0 Å². The lowest BCUT2D eigenvalue weighted by molar-refractivity contribution is 0.418. The van der Waals surface area contributed by atoms with E-state index in [1.54, 1.807) is 0 Å². The van der Waals surface area contributed by atoms with Crippen molar-refractivity contribution in [3.05, 3.63) is 4.88 Å². The highest BCUT2D eigenvalue weighted by Gasteiger charge is 2.34. The zero-order valence-electron chi connectivity index (χ0n) is 11.2. The summed E-state index contributed by atoms with van der Waals surface area (Å²) >= 11 is 1.17. The molecule has 0 radical (unpaired) electrons. The standard InChI is InChI=1S/C12H17N3O2S2/c1-12(2)4-5-15(7-12)11-10(19(3,16)17)9(14)8(6-13)18-11/h4-5,7,14H2,1-3H3. The molecular weight excluding hydrogens is 282 g/mol. The van der Waals surface area contributed by atoms with Crippen LogP contribution in [-0.4, -0.2) is 27.8 Å². The Hall–Kier alpha value is -1.26. The van der Waals surface area contributed by atoms with Crippen LogP contribution in [0.1, 0.15) is 25.1 Å². The van der Waals surface area contributed by atoms with Gasteiger partial charge in [-0.1, -0.05) is 13.8 Å². The van der Waals surface area contributed by atoms with E-state index in [1.165, 1.54) is 11.3 Å². The number of hydrogen-bond acceptors (Lipinski definition) is 6. The van der Waals surface area contributed by atoms with Gasteiger partial charge in [-0.05, 0) is 11.8 Å². The summed E-state index contributed by atoms with van der Waals surface area (Å²) in [4.78, 5) is 2.42. The van der Waals surface area contributed by atoms with Gasteiger partial charge in [0.1, 0.15) is 20.8 Å². The third-order valence-electron chi connectivity index (χ3n) is 3.32. The molecule has 0 saturated carbocycles. The predicted octanol–water partition coefficient (Wildman–Crippen LogP) is 1.84. The molecule has 104 valence electrons. The zero-order valence-corrected chi connectivity index (χ0v) is 12.9. The number of thiophene rings is 1. The van der Waals surface area contributed by atoms with Gasteiger partial charge in [0.2, 0.25) is 0 Å². The number of sulfone groups is 1. The van der Waals surface area contributed by atoms with Crippen molar-refractivity contribution >= 4 is 31.9 Å². The Labute approximate surface area is 117 Å². The van der Waals surface area contributed by atoms with Crippen molar-refractivity contribution in [1.82, 2.24) is 0 Å². The van der Waals surface area contributed by atoms with E-state index in [0.29, 0.717) is 5.00 Å². The number of nitriles is 1. The molecule has 0 atom stereocenters. The maximum Gasteiger partial charge on any atom is 0.180 e. The van der Waals surface area contributed by atoms with Crippen molar-refractivity contribution < 1.29 is 8.42 Å². The molecule has 0 aromatic carbocycles. The summed E-state index contributed by atoms with van der Waals surface area (Å²) in [5.74, 6) is 0. The lowest BCUT2D eigenvalue weighted by atomic mass is 9.93. The van der Waals surface area contributed by atoms with Crippen molar-refractivity contribution in [3.8, 4) is 6.07 Å². The van der Waals surface area contributed by atoms with Crippen molar-refractivity contribution in [3.63, 3.8) is 0 Å². The molecule has 0 unspecified atom stereocenters. The maximum absolute atomic E-state index is 11.9. The number of nitrogen functional groups attached to an aromatic ring is 1. The van der Waals surface area contributed by atoms with E-state index in [1.807, 2.05) is 11.0 Å². The second kappa shape index (κ2) is 4.39. The highest BCUT2D eigenvalue weighted by molar-refractivity contribution is 7.91. The van der Waals surface area contributed by atoms with Crippen LogP contribution in [0.3, 0.4) is 0 Å². The van der Waals surface area contributed by atoms with Gasteiger partial charge in [0, 0.05) is 19.3 Å². The van der Waals surface area contributed by atoms with Crippen LogP contribution in [0.15, 0.2) is 4.90 Å². The molecule has 0 bridgehead atoms. The van der Waals surface area contributed by atoms with E-state index < -0.39 is 9.84 Å².